The van der Waals surface area contributed by atoms with Crippen LogP contribution in [0.5, 0.6) is 0 Å². The van der Waals surface area contributed by atoms with Gasteiger partial charge in [0.05, 0.1) is 27.4 Å². The van der Waals surface area contributed by atoms with Gasteiger partial charge >= 0.3 is 0 Å². The second-order valence-electron chi connectivity index (χ2n) is 4.69. The number of halogens is 2. The molecule has 0 aliphatic carbocycles. The Morgan fingerprint density at radius 1 is 1.50 bits per heavy atom. The van der Waals surface area contributed by atoms with Gasteiger partial charge in [0.1, 0.15) is 0 Å². The van der Waals surface area contributed by atoms with Crippen LogP contribution in [0.2, 0.25) is 5.02 Å². The Hall–Kier alpha value is -0.360. The smallest absolute Gasteiger partial charge is 0.0868 e. The minimum Gasteiger partial charge on any atom is -0.305 e. The number of nitrogens with one attached hydrogen (secondary N) is 1. The predicted molar refractivity (Wildman–Crippen MR) is 89.8 cm³/mol. The van der Waals surface area contributed by atoms with Crippen LogP contribution in [0.3, 0.4) is 0 Å². The molecule has 1 atom stereocenters. The molecule has 2 aromatic heterocycles. The van der Waals surface area contributed by atoms with Gasteiger partial charge in [0.25, 0.3) is 0 Å². The summed E-state index contributed by atoms with van der Waals surface area (Å²) in [6.07, 6.45) is 2.92. The molecular weight excluding hydrogens is 358 g/mol. The maximum Gasteiger partial charge on any atom is 0.0868 e. The molecule has 0 bridgehead atoms. The van der Waals surface area contributed by atoms with Crippen molar-refractivity contribution in [1.82, 2.24) is 15.1 Å². The third kappa shape index (κ3) is 3.11. The number of thiophene rings is 1. The summed E-state index contributed by atoms with van der Waals surface area (Å²) in [5, 5.41) is 11.0. The van der Waals surface area contributed by atoms with Crippen LogP contribution in [0.1, 0.15) is 42.4 Å². The van der Waals surface area contributed by atoms with Gasteiger partial charge in [-0.05, 0) is 46.8 Å². The zero-order valence-electron chi connectivity index (χ0n) is 11.9. The van der Waals surface area contributed by atoms with Crippen molar-refractivity contribution in [2.75, 3.05) is 6.54 Å². The number of hydrogen-bond acceptors (Lipinski definition) is 3. The molecule has 0 fully saturated rings. The molecule has 0 aliphatic rings. The minimum atomic E-state index is 0.0784. The first kappa shape index (κ1) is 16.0. The van der Waals surface area contributed by atoms with E-state index in [1.807, 2.05) is 13.1 Å². The predicted octanol–water partition coefficient (Wildman–Crippen LogP) is 4.78. The molecule has 0 amide bonds. The minimum absolute atomic E-state index is 0.0784. The zero-order chi connectivity index (χ0) is 14.7. The lowest BCUT2D eigenvalue weighted by Gasteiger charge is -2.19. The van der Waals surface area contributed by atoms with Crippen LogP contribution in [0, 0.1) is 6.92 Å². The van der Waals surface area contributed by atoms with Crippen LogP contribution in [-0.4, -0.2) is 16.3 Å². The highest BCUT2D eigenvalue weighted by molar-refractivity contribution is 9.10. The van der Waals surface area contributed by atoms with E-state index in [1.165, 1.54) is 0 Å². The summed E-state index contributed by atoms with van der Waals surface area (Å²) >= 11 is 11.8. The highest BCUT2D eigenvalue weighted by Crippen LogP contribution is 2.38. The number of hydrogen-bond donors (Lipinski definition) is 1. The average Bonchev–Trinajstić information content (AvgIpc) is 2.94. The molecule has 3 nitrogen and oxygen atoms in total. The van der Waals surface area contributed by atoms with Gasteiger partial charge < -0.3 is 5.32 Å². The molecule has 0 spiro atoms. The van der Waals surface area contributed by atoms with Crippen LogP contribution in [0.15, 0.2) is 16.0 Å². The molecule has 0 saturated carbocycles. The first-order valence-corrected chi connectivity index (χ1v) is 8.83. The summed E-state index contributed by atoms with van der Waals surface area (Å²) in [5.74, 6) is 0. The van der Waals surface area contributed by atoms with E-state index >= 15 is 0 Å². The molecule has 6 heteroatoms. The summed E-state index contributed by atoms with van der Waals surface area (Å²) in [6, 6.07) is 0.0784. The maximum absolute atomic E-state index is 6.46. The number of aryl methyl sites for hydroxylation is 2. The monoisotopic (exact) mass is 375 g/mol. The van der Waals surface area contributed by atoms with Gasteiger partial charge in [-0.2, -0.15) is 5.10 Å². The normalized spacial score (nSPS) is 12.8. The Labute approximate surface area is 137 Å². The Morgan fingerprint density at radius 3 is 2.80 bits per heavy atom. The molecule has 2 heterocycles. The Bertz CT molecular complexity index is 579. The fraction of sp³-hybridized carbons (Fsp3) is 0.500. The first-order valence-electron chi connectivity index (χ1n) is 6.78. The van der Waals surface area contributed by atoms with Crippen molar-refractivity contribution in [3.8, 4) is 0 Å². The van der Waals surface area contributed by atoms with Crippen molar-refractivity contribution < 1.29 is 0 Å². The van der Waals surface area contributed by atoms with E-state index in [-0.39, 0.29) is 6.04 Å². The van der Waals surface area contributed by atoms with E-state index in [9.17, 15) is 0 Å². The maximum atomic E-state index is 6.46. The average molecular weight is 377 g/mol. The second kappa shape index (κ2) is 7.07. The van der Waals surface area contributed by atoms with Gasteiger partial charge in [0.2, 0.25) is 0 Å². The molecule has 2 rings (SSSR count). The van der Waals surface area contributed by atoms with E-state index in [4.69, 9.17) is 11.6 Å². The van der Waals surface area contributed by atoms with Gasteiger partial charge in [0, 0.05) is 11.4 Å². The van der Waals surface area contributed by atoms with Crippen LogP contribution < -0.4 is 5.32 Å². The molecule has 2 aromatic rings. The van der Waals surface area contributed by atoms with E-state index in [0.29, 0.717) is 0 Å². The highest BCUT2D eigenvalue weighted by Gasteiger charge is 2.25. The summed E-state index contributed by atoms with van der Waals surface area (Å²) in [6.45, 7) is 8.09. The van der Waals surface area contributed by atoms with E-state index in [1.54, 1.807) is 11.3 Å². The van der Waals surface area contributed by atoms with Crippen LogP contribution >= 0.6 is 38.9 Å². The van der Waals surface area contributed by atoms with E-state index < -0.39 is 0 Å². The SMILES string of the molecule is CCCn1ncc(Br)c1C(NCC)c1scc(C)c1Cl. The fourth-order valence-corrected chi connectivity index (χ4v) is 4.12. The summed E-state index contributed by atoms with van der Waals surface area (Å²) < 4.78 is 3.09. The lowest BCUT2D eigenvalue weighted by Crippen LogP contribution is -2.25. The molecule has 0 aromatic carbocycles. The molecule has 20 heavy (non-hydrogen) atoms. The van der Waals surface area contributed by atoms with Gasteiger partial charge in [-0.25, -0.2) is 0 Å². The topological polar surface area (TPSA) is 29.9 Å². The third-order valence-electron chi connectivity index (χ3n) is 3.14. The van der Waals surface area contributed by atoms with Crippen LogP contribution in [-0.2, 0) is 6.54 Å². The van der Waals surface area contributed by atoms with E-state index in [0.717, 1.165) is 45.1 Å². The van der Waals surface area contributed by atoms with Crippen molar-refractivity contribution in [3.05, 3.63) is 37.2 Å². The summed E-state index contributed by atoms with van der Waals surface area (Å²) in [4.78, 5) is 1.16. The molecule has 1 unspecified atom stereocenters. The molecule has 0 radical (unpaired) electrons. The quantitative estimate of drug-likeness (QED) is 0.786. The lowest BCUT2D eigenvalue weighted by atomic mass is 10.1. The van der Waals surface area contributed by atoms with Crippen molar-refractivity contribution in [1.29, 1.82) is 0 Å². The molecular formula is C14H19BrClN3S. The number of rotatable bonds is 6. The van der Waals surface area contributed by atoms with Crippen molar-refractivity contribution in [3.63, 3.8) is 0 Å². The zero-order valence-corrected chi connectivity index (χ0v) is 15.1. The fourth-order valence-electron chi connectivity index (χ4n) is 2.21. The van der Waals surface area contributed by atoms with Gasteiger partial charge in [-0.1, -0.05) is 25.4 Å². The largest absolute Gasteiger partial charge is 0.305 e. The molecule has 0 saturated heterocycles. The van der Waals surface area contributed by atoms with Crippen LogP contribution in [0.4, 0.5) is 0 Å². The van der Waals surface area contributed by atoms with Crippen LogP contribution in [0.25, 0.3) is 0 Å². The van der Waals surface area contributed by atoms with Crippen molar-refractivity contribution >= 4 is 38.9 Å². The van der Waals surface area contributed by atoms with Gasteiger partial charge in [-0.15, -0.1) is 11.3 Å². The van der Waals surface area contributed by atoms with E-state index in [2.05, 4.69) is 50.3 Å². The van der Waals surface area contributed by atoms with Crippen molar-refractivity contribution in [2.24, 2.45) is 0 Å². The van der Waals surface area contributed by atoms with Gasteiger partial charge in [-0.3, -0.25) is 4.68 Å². The second-order valence-corrected chi connectivity index (χ2v) is 6.83. The third-order valence-corrected chi connectivity index (χ3v) is 5.53. The Morgan fingerprint density at radius 2 is 2.25 bits per heavy atom. The first-order chi connectivity index (χ1) is 9.60. The standard InChI is InChI=1S/C14H19BrClN3S/c1-4-6-19-13(10(15)7-18-19)12(17-5-2)14-11(16)9(3)8-20-14/h7-8,12,17H,4-6H2,1-3H3. The van der Waals surface area contributed by atoms with Gasteiger partial charge in [0.15, 0.2) is 0 Å². The summed E-state index contributed by atoms with van der Waals surface area (Å²) in [5.41, 5.74) is 2.28. The summed E-state index contributed by atoms with van der Waals surface area (Å²) in [7, 11) is 0. The lowest BCUT2D eigenvalue weighted by molar-refractivity contribution is 0.522. The Balaban J connectivity index is 2.48. The molecule has 110 valence electrons. The number of nitrogens with zero attached hydrogens (tertiary/aromatic N) is 2. The number of aromatic nitrogens is 2. The Kier molecular flexibility index (Phi) is 5.66. The van der Waals surface area contributed by atoms with Crippen molar-refractivity contribution in [2.45, 2.75) is 39.8 Å². The molecule has 0 aliphatic heterocycles. The highest BCUT2D eigenvalue weighted by atomic mass is 79.9. The molecule has 1 N–H and O–H groups in total.